The number of carbonyl (C=O) groups is 1. The molecule has 1 amide bonds. The zero-order chi connectivity index (χ0) is 16.7. The van der Waals surface area contributed by atoms with Crippen molar-refractivity contribution in [3.8, 4) is 0 Å². The van der Waals surface area contributed by atoms with Crippen LogP contribution in [0.1, 0.15) is 29.9 Å². The van der Waals surface area contributed by atoms with Crippen molar-refractivity contribution in [3.63, 3.8) is 0 Å². The molecule has 0 bridgehead atoms. The summed E-state index contributed by atoms with van der Waals surface area (Å²) < 4.78 is 1.84. The van der Waals surface area contributed by atoms with E-state index < -0.39 is 0 Å². The van der Waals surface area contributed by atoms with Crippen LogP contribution in [-0.4, -0.2) is 33.7 Å². The topological polar surface area (TPSA) is 38.1 Å². The minimum Gasteiger partial charge on any atom is -0.342 e. The maximum atomic E-state index is 12.8. The van der Waals surface area contributed by atoms with E-state index in [-0.39, 0.29) is 5.92 Å². The number of nitrogens with zero attached hydrogens (tertiary/aromatic N) is 3. The standard InChI is InChI=1S/C19H22ClN3O/c1-22-11-14(10-21-22)8-13-6-7-23(12-13)19(24)17-9-16(17)15-4-2-3-5-18(15)20/h2-5,10-11,13,16-17H,6-9,12H2,1H3/t13-,16+,17-/m0/s1. The second-order valence-electron chi connectivity index (χ2n) is 7.14. The SMILES string of the molecule is Cn1cc(C[C@@H]2CCN(C(=O)[C@H]3C[C@@H]3c3ccccc3Cl)C2)cn1. The highest BCUT2D eigenvalue weighted by atomic mass is 35.5. The first-order valence-corrected chi connectivity index (χ1v) is 9.00. The molecule has 126 valence electrons. The first-order valence-electron chi connectivity index (χ1n) is 8.62. The zero-order valence-electron chi connectivity index (χ0n) is 13.9. The number of carbonyl (C=O) groups excluding carboxylic acids is 1. The van der Waals surface area contributed by atoms with E-state index in [1.807, 2.05) is 36.1 Å². The molecule has 2 fully saturated rings. The Balaban J connectivity index is 1.34. The normalized spacial score (nSPS) is 25.9. The molecular formula is C19H22ClN3O. The average Bonchev–Trinajstić information content (AvgIpc) is 3.04. The molecule has 1 saturated carbocycles. The molecule has 0 unspecified atom stereocenters. The molecule has 0 radical (unpaired) electrons. The average molecular weight is 344 g/mol. The lowest BCUT2D eigenvalue weighted by molar-refractivity contribution is -0.131. The lowest BCUT2D eigenvalue weighted by Gasteiger charge is -2.16. The third-order valence-corrected chi connectivity index (χ3v) is 5.64. The predicted molar refractivity (Wildman–Crippen MR) is 93.9 cm³/mol. The van der Waals surface area contributed by atoms with Gasteiger partial charge in [-0.15, -0.1) is 0 Å². The molecule has 1 aromatic carbocycles. The number of amides is 1. The Morgan fingerprint density at radius 1 is 1.38 bits per heavy atom. The summed E-state index contributed by atoms with van der Waals surface area (Å²) in [6.07, 6.45) is 7.03. The molecule has 1 aromatic heterocycles. The van der Waals surface area contributed by atoms with E-state index in [2.05, 4.69) is 22.3 Å². The number of hydrogen-bond donors (Lipinski definition) is 0. The molecule has 2 heterocycles. The molecule has 3 atom stereocenters. The fourth-order valence-electron chi connectivity index (χ4n) is 3.93. The molecule has 1 saturated heterocycles. The molecule has 24 heavy (non-hydrogen) atoms. The first-order chi connectivity index (χ1) is 11.6. The van der Waals surface area contributed by atoms with Gasteiger partial charge in [-0.3, -0.25) is 9.48 Å². The minimum atomic E-state index is 0.127. The Morgan fingerprint density at radius 3 is 2.96 bits per heavy atom. The highest BCUT2D eigenvalue weighted by Gasteiger charge is 2.47. The molecule has 4 nitrogen and oxygen atoms in total. The number of benzene rings is 1. The summed E-state index contributed by atoms with van der Waals surface area (Å²) in [6.45, 7) is 1.76. The van der Waals surface area contributed by atoms with Gasteiger partial charge in [0.25, 0.3) is 0 Å². The maximum absolute atomic E-state index is 12.8. The van der Waals surface area contributed by atoms with Crippen molar-refractivity contribution >= 4 is 17.5 Å². The van der Waals surface area contributed by atoms with E-state index in [1.54, 1.807) is 0 Å². The zero-order valence-corrected chi connectivity index (χ0v) is 14.6. The van der Waals surface area contributed by atoms with Crippen molar-refractivity contribution in [1.29, 1.82) is 0 Å². The van der Waals surface area contributed by atoms with Gasteiger partial charge in [-0.1, -0.05) is 29.8 Å². The van der Waals surface area contributed by atoms with Crippen LogP contribution in [-0.2, 0) is 18.3 Å². The number of hydrogen-bond acceptors (Lipinski definition) is 2. The van der Waals surface area contributed by atoms with Gasteiger partial charge >= 0.3 is 0 Å². The number of aromatic nitrogens is 2. The van der Waals surface area contributed by atoms with Gasteiger partial charge in [0.2, 0.25) is 5.91 Å². The van der Waals surface area contributed by atoms with Gasteiger partial charge in [-0.05, 0) is 48.3 Å². The van der Waals surface area contributed by atoms with Crippen molar-refractivity contribution in [2.24, 2.45) is 18.9 Å². The number of likely N-dealkylation sites (tertiary alicyclic amines) is 1. The lowest BCUT2D eigenvalue weighted by atomic mass is 10.0. The van der Waals surface area contributed by atoms with Gasteiger partial charge in [0.1, 0.15) is 0 Å². The van der Waals surface area contributed by atoms with E-state index in [4.69, 9.17) is 11.6 Å². The van der Waals surface area contributed by atoms with Crippen LogP contribution in [0.3, 0.4) is 0 Å². The largest absolute Gasteiger partial charge is 0.342 e. The fourth-order valence-corrected chi connectivity index (χ4v) is 4.21. The summed E-state index contributed by atoms with van der Waals surface area (Å²) >= 11 is 6.27. The molecule has 1 aliphatic carbocycles. The van der Waals surface area contributed by atoms with E-state index >= 15 is 0 Å². The van der Waals surface area contributed by atoms with Crippen LogP contribution in [0.2, 0.25) is 5.02 Å². The highest BCUT2D eigenvalue weighted by molar-refractivity contribution is 6.31. The number of rotatable bonds is 4. The second-order valence-corrected chi connectivity index (χ2v) is 7.54. The smallest absolute Gasteiger partial charge is 0.226 e. The van der Waals surface area contributed by atoms with Crippen molar-refractivity contribution in [3.05, 3.63) is 52.8 Å². The molecule has 1 aliphatic heterocycles. The van der Waals surface area contributed by atoms with Crippen LogP contribution >= 0.6 is 11.6 Å². The minimum absolute atomic E-state index is 0.127. The molecule has 0 spiro atoms. The van der Waals surface area contributed by atoms with Crippen LogP contribution in [0.5, 0.6) is 0 Å². The van der Waals surface area contributed by atoms with Gasteiger partial charge in [0, 0.05) is 37.3 Å². The summed E-state index contributed by atoms with van der Waals surface area (Å²) in [6, 6.07) is 7.90. The van der Waals surface area contributed by atoms with Crippen molar-refractivity contribution in [2.75, 3.05) is 13.1 Å². The van der Waals surface area contributed by atoms with Gasteiger partial charge in [0.15, 0.2) is 0 Å². The Hall–Kier alpha value is -1.81. The van der Waals surface area contributed by atoms with E-state index in [0.29, 0.717) is 17.7 Å². The molecule has 2 aromatic rings. The summed E-state index contributed by atoms with van der Waals surface area (Å²) in [7, 11) is 1.94. The summed E-state index contributed by atoms with van der Waals surface area (Å²) in [5.41, 5.74) is 2.39. The highest BCUT2D eigenvalue weighted by Crippen LogP contribution is 2.50. The van der Waals surface area contributed by atoms with E-state index in [9.17, 15) is 4.79 Å². The van der Waals surface area contributed by atoms with Crippen molar-refractivity contribution < 1.29 is 4.79 Å². The third kappa shape index (κ3) is 3.07. The van der Waals surface area contributed by atoms with Crippen LogP contribution < -0.4 is 0 Å². The third-order valence-electron chi connectivity index (χ3n) is 5.29. The molecule has 0 N–H and O–H groups in total. The van der Waals surface area contributed by atoms with Gasteiger partial charge < -0.3 is 4.90 Å². The Morgan fingerprint density at radius 2 is 2.21 bits per heavy atom. The van der Waals surface area contributed by atoms with Crippen LogP contribution in [0.25, 0.3) is 0 Å². The Kier molecular flexibility index (Phi) is 4.09. The monoisotopic (exact) mass is 343 g/mol. The maximum Gasteiger partial charge on any atom is 0.226 e. The van der Waals surface area contributed by atoms with Crippen LogP contribution in [0, 0.1) is 11.8 Å². The van der Waals surface area contributed by atoms with Crippen LogP contribution in [0.15, 0.2) is 36.7 Å². The van der Waals surface area contributed by atoms with Gasteiger partial charge in [0.05, 0.1) is 6.20 Å². The fraction of sp³-hybridized carbons (Fsp3) is 0.474. The summed E-state index contributed by atoms with van der Waals surface area (Å²) in [4.78, 5) is 14.8. The van der Waals surface area contributed by atoms with E-state index in [0.717, 1.165) is 42.9 Å². The molecule has 4 rings (SSSR count). The van der Waals surface area contributed by atoms with Crippen LogP contribution in [0.4, 0.5) is 0 Å². The summed E-state index contributed by atoms with van der Waals surface area (Å²) in [5, 5.41) is 5.01. The molecule has 2 aliphatic rings. The lowest BCUT2D eigenvalue weighted by Crippen LogP contribution is -2.30. The second kappa shape index (κ2) is 6.25. The Bertz CT molecular complexity index is 757. The number of aryl methyl sites for hydroxylation is 1. The molecular weight excluding hydrogens is 322 g/mol. The quantitative estimate of drug-likeness (QED) is 0.854. The summed E-state index contributed by atoms with van der Waals surface area (Å²) in [5.74, 6) is 1.30. The predicted octanol–water partition coefficient (Wildman–Crippen LogP) is 3.27. The van der Waals surface area contributed by atoms with Gasteiger partial charge in [-0.2, -0.15) is 5.10 Å². The number of halogens is 1. The van der Waals surface area contributed by atoms with E-state index in [1.165, 1.54) is 5.56 Å². The van der Waals surface area contributed by atoms with Gasteiger partial charge in [-0.25, -0.2) is 0 Å². The Labute approximate surface area is 147 Å². The van der Waals surface area contributed by atoms with Crippen molar-refractivity contribution in [2.45, 2.75) is 25.2 Å². The first kappa shape index (κ1) is 15.7. The molecule has 5 heteroatoms. The van der Waals surface area contributed by atoms with Crippen molar-refractivity contribution in [1.82, 2.24) is 14.7 Å².